The third kappa shape index (κ3) is 1.19. The molecule has 0 aliphatic carbocycles. The van der Waals surface area contributed by atoms with Gasteiger partial charge in [0.25, 0.3) is 0 Å². The van der Waals surface area contributed by atoms with E-state index in [0.29, 0.717) is 6.61 Å². The van der Waals surface area contributed by atoms with E-state index in [1.54, 1.807) is 7.05 Å². The molecule has 1 atom stereocenters. The number of nitrogens with zero attached hydrogens (tertiary/aromatic N) is 1. The Morgan fingerprint density at radius 1 is 1.80 bits per heavy atom. The summed E-state index contributed by atoms with van der Waals surface area (Å²) in [7, 11) is 1.66. The van der Waals surface area contributed by atoms with Gasteiger partial charge in [-0.15, -0.1) is 0 Å². The molecule has 0 aromatic rings. The minimum atomic E-state index is -0.322. The standard InChI is InChI=1S/C5H11N3O2/c1-3-10-5-7-6-4(9)8(5)2/h5,7H,3H2,1-2H3,(H,6,9). The van der Waals surface area contributed by atoms with Crippen LogP contribution in [0.3, 0.4) is 0 Å². The second-order valence-corrected chi connectivity index (χ2v) is 1.99. The maximum atomic E-state index is 10.7. The zero-order valence-electron chi connectivity index (χ0n) is 6.05. The summed E-state index contributed by atoms with van der Waals surface area (Å²) in [6, 6.07) is -0.168. The van der Waals surface area contributed by atoms with Crippen molar-refractivity contribution in [2.75, 3.05) is 13.7 Å². The van der Waals surface area contributed by atoms with Gasteiger partial charge >= 0.3 is 6.03 Å². The van der Waals surface area contributed by atoms with Crippen LogP contribution in [0.15, 0.2) is 0 Å². The molecular formula is C5H11N3O2. The second kappa shape index (κ2) is 2.85. The predicted octanol–water partition coefficient (Wildman–Crippen LogP) is -0.534. The summed E-state index contributed by atoms with van der Waals surface area (Å²) in [6.07, 6.45) is -0.322. The topological polar surface area (TPSA) is 53.6 Å². The summed E-state index contributed by atoms with van der Waals surface area (Å²) in [5, 5.41) is 0. The number of rotatable bonds is 2. The quantitative estimate of drug-likeness (QED) is 0.549. The van der Waals surface area contributed by atoms with Crippen LogP contribution in [0.2, 0.25) is 0 Å². The van der Waals surface area contributed by atoms with Gasteiger partial charge in [-0.1, -0.05) is 0 Å². The molecule has 2 N–H and O–H groups in total. The maximum Gasteiger partial charge on any atom is 0.334 e. The van der Waals surface area contributed by atoms with Crippen LogP contribution < -0.4 is 10.9 Å². The highest BCUT2D eigenvalue weighted by Gasteiger charge is 2.26. The van der Waals surface area contributed by atoms with E-state index in [9.17, 15) is 4.79 Å². The van der Waals surface area contributed by atoms with Gasteiger partial charge in [0.1, 0.15) is 0 Å². The molecule has 0 spiro atoms. The van der Waals surface area contributed by atoms with Gasteiger partial charge < -0.3 is 4.74 Å². The molecular weight excluding hydrogens is 134 g/mol. The minimum absolute atomic E-state index is 0.168. The van der Waals surface area contributed by atoms with E-state index in [1.807, 2.05) is 6.92 Å². The Kier molecular flexibility index (Phi) is 2.08. The molecule has 1 aliphatic heterocycles. The Hall–Kier alpha value is -0.810. The van der Waals surface area contributed by atoms with E-state index in [2.05, 4.69) is 10.9 Å². The van der Waals surface area contributed by atoms with Gasteiger partial charge in [-0.25, -0.2) is 4.79 Å². The van der Waals surface area contributed by atoms with Crippen LogP contribution in [0.25, 0.3) is 0 Å². The Morgan fingerprint density at radius 3 is 2.90 bits per heavy atom. The monoisotopic (exact) mass is 145 g/mol. The first-order chi connectivity index (χ1) is 4.75. The number of hydrogen-bond donors (Lipinski definition) is 2. The number of urea groups is 1. The molecule has 0 saturated carbocycles. The van der Waals surface area contributed by atoms with Crippen LogP contribution in [0.1, 0.15) is 6.92 Å². The highest BCUT2D eigenvalue weighted by Crippen LogP contribution is 1.99. The number of carbonyl (C=O) groups excluding carboxylic acids is 1. The summed E-state index contributed by atoms with van der Waals surface area (Å²) in [6.45, 7) is 2.45. The fourth-order valence-corrected chi connectivity index (χ4v) is 0.726. The van der Waals surface area contributed by atoms with Crippen LogP contribution in [0.4, 0.5) is 4.79 Å². The van der Waals surface area contributed by atoms with Crippen molar-refractivity contribution in [3.8, 4) is 0 Å². The first kappa shape index (κ1) is 7.30. The van der Waals surface area contributed by atoms with Crippen molar-refractivity contribution >= 4 is 6.03 Å². The van der Waals surface area contributed by atoms with Crippen LogP contribution in [0, 0.1) is 0 Å². The van der Waals surface area contributed by atoms with Gasteiger partial charge in [0.2, 0.25) is 6.35 Å². The van der Waals surface area contributed by atoms with Gasteiger partial charge in [0.15, 0.2) is 0 Å². The van der Waals surface area contributed by atoms with Crippen LogP contribution in [-0.2, 0) is 4.74 Å². The van der Waals surface area contributed by atoms with Crippen molar-refractivity contribution in [3.63, 3.8) is 0 Å². The fraction of sp³-hybridized carbons (Fsp3) is 0.800. The van der Waals surface area contributed by atoms with Gasteiger partial charge in [-0.05, 0) is 6.92 Å². The zero-order chi connectivity index (χ0) is 7.56. The van der Waals surface area contributed by atoms with Gasteiger partial charge in [-0.2, -0.15) is 5.43 Å². The van der Waals surface area contributed by atoms with Crippen LogP contribution in [0.5, 0.6) is 0 Å². The maximum absolute atomic E-state index is 10.7. The number of nitrogens with one attached hydrogen (secondary N) is 2. The van der Waals surface area contributed by atoms with E-state index < -0.39 is 0 Å². The smallest absolute Gasteiger partial charge is 0.334 e. The highest BCUT2D eigenvalue weighted by molar-refractivity contribution is 5.75. The van der Waals surface area contributed by atoms with Crippen molar-refractivity contribution in [1.82, 2.24) is 15.8 Å². The van der Waals surface area contributed by atoms with Gasteiger partial charge in [0.05, 0.1) is 0 Å². The Bertz CT molecular complexity index is 139. The lowest BCUT2D eigenvalue weighted by atomic mass is 10.7. The molecule has 0 aromatic heterocycles. The highest BCUT2D eigenvalue weighted by atomic mass is 16.5. The van der Waals surface area contributed by atoms with Crippen molar-refractivity contribution in [2.24, 2.45) is 0 Å². The van der Waals surface area contributed by atoms with Crippen molar-refractivity contribution in [3.05, 3.63) is 0 Å². The predicted molar refractivity (Wildman–Crippen MR) is 34.8 cm³/mol. The molecule has 0 radical (unpaired) electrons. The van der Waals surface area contributed by atoms with Crippen molar-refractivity contribution in [2.45, 2.75) is 13.3 Å². The SMILES string of the molecule is CCOC1NNC(=O)N1C. The molecule has 1 unspecified atom stereocenters. The largest absolute Gasteiger partial charge is 0.344 e. The van der Waals surface area contributed by atoms with Crippen molar-refractivity contribution in [1.29, 1.82) is 0 Å². The molecule has 1 rings (SSSR count). The minimum Gasteiger partial charge on any atom is -0.344 e. The molecule has 1 saturated heterocycles. The lowest BCUT2D eigenvalue weighted by Gasteiger charge is -2.15. The van der Waals surface area contributed by atoms with E-state index >= 15 is 0 Å². The Morgan fingerprint density at radius 2 is 2.50 bits per heavy atom. The van der Waals surface area contributed by atoms with E-state index in [4.69, 9.17) is 4.74 Å². The molecule has 1 aliphatic rings. The van der Waals surface area contributed by atoms with Crippen molar-refractivity contribution < 1.29 is 9.53 Å². The molecule has 0 aromatic carbocycles. The Labute approximate surface area is 59.3 Å². The van der Waals surface area contributed by atoms with Crippen LogP contribution in [-0.4, -0.2) is 30.9 Å². The summed E-state index contributed by atoms with van der Waals surface area (Å²) in [5.74, 6) is 0. The van der Waals surface area contributed by atoms with E-state index in [-0.39, 0.29) is 12.4 Å². The summed E-state index contributed by atoms with van der Waals surface area (Å²) in [4.78, 5) is 12.2. The lowest BCUT2D eigenvalue weighted by molar-refractivity contribution is -0.0227. The lowest BCUT2D eigenvalue weighted by Crippen LogP contribution is -2.37. The molecule has 0 bridgehead atoms. The molecule has 5 heteroatoms. The number of carbonyl (C=O) groups is 1. The number of hydrogen-bond acceptors (Lipinski definition) is 3. The summed E-state index contributed by atoms with van der Waals surface area (Å²) >= 11 is 0. The molecule has 5 nitrogen and oxygen atoms in total. The fourth-order valence-electron chi connectivity index (χ4n) is 0.726. The summed E-state index contributed by atoms with van der Waals surface area (Å²) < 4.78 is 5.12. The third-order valence-corrected chi connectivity index (χ3v) is 1.30. The van der Waals surface area contributed by atoms with E-state index in [0.717, 1.165) is 0 Å². The summed E-state index contributed by atoms with van der Waals surface area (Å²) in [5.41, 5.74) is 5.08. The van der Waals surface area contributed by atoms with Gasteiger partial charge in [0, 0.05) is 13.7 Å². The average molecular weight is 145 g/mol. The molecule has 2 amide bonds. The third-order valence-electron chi connectivity index (χ3n) is 1.30. The zero-order valence-corrected chi connectivity index (χ0v) is 6.05. The first-order valence-electron chi connectivity index (χ1n) is 3.15. The molecule has 1 heterocycles. The number of ether oxygens (including phenoxy) is 1. The van der Waals surface area contributed by atoms with E-state index in [1.165, 1.54) is 4.90 Å². The average Bonchev–Trinajstić information content (AvgIpc) is 2.20. The molecule has 1 fully saturated rings. The number of hydrazine groups is 1. The second-order valence-electron chi connectivity index (χ2n) is 1.99. The van der Waals surface area contributed by atoms with Gasteiger partial charge in [-0.3, -0.25) is 10.3 Å². The first-order valence-corrected chi connectivity index (χ1v) is 3.15. The number of amides is 2. The molecule has 58 valence electrons. The van der Waals surface area contributed by atoms with Crippen LogP contribution >= 0.6 is 0 Å². The Balaban J connectivity index is 2.41. The molecule has 10 heavy (non-hydrogen) atoms. The normalized spacial score (nSPS) is 25.2.